The molecule has 0 amide bonds. The zero-order valence-corrected chi connectivity index (χ0v) is 9.41. The summed E-state index contributed by atoms with van der Waals surface area (Å²) >= 11 is 2.87. The lowest BCUT2D eigenvalue weighted by Crippen LogP contribution is -1.81. The Kier molecular flexibility index (Phi) is 2.58. The fraction of sp³-hybridized carbons (Fsp3) is 0.200. The Balaban J connectivity index is 2.29. The molecule has 0 saturated carbocycles. The molecule has 2 aromatic rings. The standard InChI is InChI=1S/C10H7BrF2N2O/c11-5-6-1-3-7(4-2-6)9-14-15-10(16-9)8(12)13/h1-4,8H,5H2/i5D2. The predicted octanol–water partition coefficient (Wildman–Crippen LogP) is 3.57. The summed E-state index contributed by atoms with van der Waals surface area (Å²) in [6, 6.07) is 6.07. The maximum atomic E-state index is 12.3. The van der Waals surface area contributed by atoms with E-state index in [1.165, 1.54) is 24.3 Å². The van der Waals surface area contributed by atoms with E-state index in [1.54, 1.807) is 0 Å². The van der Waals surface area contributed by atoms with Crippen LogP contribution >= 0.6 is 15.9 Å². The second-order valence-corrected chi connectivity index (χ2v) is 3.31. The Morgan fingerprint density at radius 1 is 1.31 bits per heavy atom. The molecule has 1 aromatic heterocycles. The van der Waals surface area contributed by atoms with Gasteiger partial charge in [-0.3, -0.25) is 0 Å². The van der Waals surface area contributed by atoms with Crippen molar-refractivity contribution in [1.82, 2.24) is 10.2 Å². The highest BCUT2D eigenvalue weighted by Gasteiger charge is 2.16. The minimum absolute atomic E-state index is 0.0213. The zero-order valence-electron chi connectivity index (χ0n) is 9.82. The summed E-state index contributed by atoms with van der Waals surface area (Å²) in [6.07, 6.45) is -2.80. The van der Waals surface area contributed by atoms with Crippen LogP contribution in [0.1, 0.15) is 20.6 Å². The van der Waals surface area contributed by atoms with Crippen molar-refractivity contribution in [2.45, 2.75) is 11.7 Å². The first-order valence-electron chi connectivity index (χ1n) is 5.29. The summed E-state index contributed by atoms with van der Waals surface area (Å²) < 4.78 is 44.2. The van der Waals surface area contributed by atoms with E-state index in [2.05, 4.69) is 26.1 Å². The first-order valence-corrected chi connectivity index (χ1v) is 5.08. The van der Waals surface area contributed by atoms with E-state index in [9.17, 15) is 8.78 Å². The molecule has 0 fully saturated rings. The van der Waals surface area contributed by atoms with Gasteiger partial charge in [0.15, 0.2) is 0 Å². The number of halogens is 3. The summed E-state index contributed by atoms with van der Waals surface area (Å²) in [5, 5.41) is 5.07. The molecule has 84 valence electrons. The molecule has 0 N–H and O–H groups in total. The van der Waals surface area contributed by atoms with Crippen molar-refractivity contribution in [3.8, 4) is 11.5 Å². The molecule has 0 saturated heterocycles. The smallest absolute Gasteiger partial charge is 0.314 e. The van der Waals surface area contributed by atoms with Crippen LogP contribution in [0.25, 0.3) is 11.5 Å². The second kappa shape index (κ2) is 4.69. The first kappa shape index (κ1) is 8.81. The van der Waals surface area contributed by atoms with Gasteiger partial charge < -0.3 is 4.42 Å². The van der Waals surface area contributed by atoms with E-state index in [0.717, 1.165) is 0 Å². The van der Waals surface area contributed by atoms with E-state index in [-0.39, 0.29) is 5.89 Å². The maximum absolute atomic E-state index is 12.3. The van der Waals surface area contributed by atoms with E-state index >= 15 is 0 Å². The van der Waals surface area contributed by atoms with Crippen molar-refractivity contribution in [3.63, 3.8) is 0 Å². The molecule has 2 rings (SSSR count). The molecule has 6 heteroatoms. The number of benzene rings is 1. The van der Waals surface area contributed by atoms with E-state index < -0.39 is 17.6 Å². The molecule has 1 aromatic carbocycles. The Hall–Kier alpha value is -1.30. The highest BCUT2D eigenvalue weighted by atomic mass is 79.9. The van der Waals surface area contributed by atoms with Crippen LogP contribution in [0.2, 0.25) is 0 Å². The Morgan fingerprint density at radius 3 is 2.50 bits per heavy atom. The third kappa shape index (κ3) is 2.27. The largest absolute Gasteiger partial charge is 0.415 e. The van der Waals surface area contributed by atoms with Crippen LogP contribution in [0.4, 0.5) is 8.78 Å². The van der Waals surface area contributed by atoms with Crippen LogP contribution < -0.4 is 0 Å². The van der Waals surface area contributed by atoms with Gasteiger partial charge in [-0.25, -0.2) is 0 Å². The van der Waals surface area contributed by atoms with Crippen molar-refractivity contribution < 1.29 is 15.9 Å². The van der Waals surface area contributed by atoms with E-state index in [4.69, 9.17) is 7.16 Å². The SMILES string of the molecule is [2H]C([2H])(Br)c1ccc(-c2nnc(C(F)F)o2)cc1. The van der Waals surface area contributed by atoms with Gasteiger partial charge in [-0.1, -0.05) is 28.1 Å². The number of hydrogen-bond donors (Lipinski definition) is 0. The van der Waals surface area contributed by atoms with Gasteiger partial charge in [0.1, 0.15) is 0 Å². The molecule has 3 nitrogen and oxygen atoms in total. The van der Waals surface area contributed by atoms with Crippen molar-refractivity contribution >= 4 is 15.9 Å². The number of hydrogen-bond acceptors (Lipinski definition) is 3. The van der Waals surface area contributed by atoms with Gasteiger partial charge in [0.25, 0.3) is 5.89 Å². The molecule has 1 heterocycles. The van der Waals surface area contributed by atoms with Crippen LogP contribution in [0.15, 0.2) is 28.7 Å². The minimum atomic E-state index is -2.80. The van der Waals surface area contributed by atoms with E-state index in [0.29, 0.717) is 11.1 Å². The summed E-state index contributed by atoms with van der Waals surface area (Å²) in [5.41, 5.74) is 0.856. The molecular weight excluding hydrogens is 282 g/mol. The van der Waals surface area contributed by atoms with Crippen molar-refractivity contribution in [1.29, 1.82) is 0 Å². The van der Waals surface area contributed by atoms with Crippen LogP contribution in [-0.4, -0.2) is 10.2 Å². The monoisotopic (exact) mass is 290 g/mol. The molecule has 0 bridgehead atoms. The van der Waals surface area contributed by atoms with Gasteiger partial charge in [-0.2, -0.15) is 8.78 Å². The topological polar surface area (TPSA) is 38.9 Å². The number of alkyl halides is 3. The third-order valence-corrected chi connectivity index (χ3v) is 2.33. The Bertz CT molecular complexity index is 540. The highest BCUT2D eigenvalue weighted by molar-refractivity contribution is 9.08. The van der Waals surface area contributed by atoms with Crippen LogP contribution in [0, 0.1) is 0 Å². The molecule has 0 aliphatic rings. The zero-order chi connectivity index (χ0) is 13.3. The van der Waals surface area contributed by atoms with E-state index in [1.807, 2.05) is 0 Å². The fourth-order valence-corrected chi connectivity index (χ4v) is 1.38. The summed E-state index contributed by atoms with van der Waals surface area (Å²) in [6.45, 7) is 0. The van der Waals surface area contributed by atoms with Crippen molar-refractivity contribution in [3.05, 3.63) is 35.7 Å². The molecule has 0 spiro atoms. The van der Waals surface area contributed by atoms with Crippen molar-refractivity contribution in [2.24, 2.45) is 0 Å². The lowest BCUT2D eigenvalue weighted by Gasteiger charge is -1.96. The van der Waals surface area contributed by atoms with Crippen LogP contribution in [-0.2, 0) is 5.28 Å². The maximum Gasteiger partial charge on any atom is 0.314 e. The predicted molar refractivity (Wildman–Crippen MR) is 57.3 cm³/mol. The van der Waals surface area contributed by atoms with Gasteiger partial charge in [0.05, 0.1) is 0 Å². The molecular formula is C10H7BrF2N2O. The Morgan fingerprint density at radius 2 is 2.00 bits per heavy atom. The van der Waals surface area contributed by atoms with Gasteiger partial charge in [-0.05, 0) is 17.7 Å². The minimum Gasteiger partial charge on any atom is -0.415 e. The average molecular weight is 291 g/mol. The molecule has 0 aliphatic carbocycles. The molecule has 0 aliphatic heterocycles. The summed E-state index contributed by atoms with van der Waals surface area (Å²) in [4.78, 5) is 0. The van der Waals surface area contributed by atoms with Gasteiger partial charge in [-0.15, -0.1) is 10.2 Å². The van der Waals surface area contributed by atoms with Crippen molar-refractivity contribution in [2.75, 3.05) is 0 Å². The lowest BCUT2D eigenvalue weighted by atomic mass is 10.1. The second-order valence-electron chi connectivity index (χ2n) is 2.92. The fourth-order valence-electron chi connectivity index (χ4n) is 1.12. The molecule has 0 unspecified atom stereocenters. The van der Waals surface area contributed by atoms with Gasteiger partial charge >= 0.3 is 6.43 Å². The third-order valence-electron chi connectivity index (χ3n) is 1.87. The van der Waals surface area contributed by atoms with Crippen LogP contribution in [0.3, 0.4) is 0 Å². The molecule has 0 atom stereocenters. The number of nitrogens with zero attached hydrogens (tertiary/aromatic N) is 2. The highest BCUT2D eigenvalue weighted by Crippen LogP contribution is 2.23. The summed E-state index contributed by atoms with van der Waals surface area (Å²) in [7, 11) is 0. The Labute approximate surface area is 101 Å². The number of rotatable bonds is 3. The molecule has 0 radical (unpaired) electrons. The summed E-state index contributed by atoms with van der Waals surface area (Å²) in [5.74, 6) is -0.753. The quantitative estimate of drug-likeness (QED) is 0.811. The normalized spacial score (nSPS) is 13.8. The average Bonchev–Trinajstić information content (AvgIpc) is 2.77. The van der Waals surface area contributed by atoms with Gasteiger partial charge in [0, 0.05) is 13.6 Å². The molecule has 16 heavy (non-hydrogen) atoms. The van der Waals surface area contributed by atoms with Gasteiger partial charge in [0.2, 0.25) is 5.89 Å². The van der Waals surface area contributed by atoms with Crippen LogP contribution in [0.5, 0.6) is 0 Å². The lowest BCUT2D eigenvalue weighted by molar-refractivity contribution is 0.116. The first-order chi connectivity index (χ1) is 8.38. The number of aromatic nitrogens is 2.